The fourth-order valence-electron chi connectivity index (χ4n) is 3.19. The molecule has 0 aliphatic rings. The van der Waals surface area contributed by atoms with Crippen LogP contribution in [0.1, 0.15) is 28.8 Å². The molecule has 0 aliphatic carbocycles. The van der Waals surface area contributed by atoms with Gasteiger partial charge in [-0.1, -0.05) is 12.1 Å². The molecule has 0 saturated carbocycles. The molecule has 2 aromatic carbocycles. The van der Waals surface area contributed by atoms with Crippen molar-refractivity contribution in [2.45, 2.75) is 12.8 Å². The van der Waals surface area contributed by atoms with Crippen LogP contribution in [-0.4, -0.2) is 44.8 Å². The van der Waals surface area contributed by atoms with Crippen LogP contribution in [0.5, 0.6) is 11.5 Å². The van der Waals surface area contributed by atoms with E-state index in [4.69, 9.17) is 14.9 Å². The first-order valence-corrected chi connectivity index (χ1v) is 10.8. The molecule has 0 saturated heterocycles. The van der Waals surface area contributed by atoms with Gasteiger partial charge >= 0.3 is 0 Å². The summed E-state index contributed by atoms with van der Waals surface area (Å²) in [6, 6.07) is 9.59. The van der Waals surface area contributed by atoms with E-state index in [-0.39, 0.29) is 18.3 Å². The van der Waals surface area contributed by atoms with Gasteiger partial charge in [-0.25, -0.2) is 4.39 Å². The zero-order chi connectivity index (χ0) is 23.1. The number of carbonyl (C=O) groups excluding carboxylic acids is 2. The van der Waals surface area contributed by atoms with Gasteiger partial charge in [-0.3, -0.25) is 9.59 Å². The van der Waals surface area contributed by atoms with E-state index in [9.17, 15) is 14.0 Å². The smallest absolute Gasteiger partial charge is 0.251 e. The maximum absolute atomic E-state index is 13.8. The molecule has 0 radical (unpaired) electrons. The Labute approximate surface area is 189 Å². The molecule has 3 N–H and O–H groups in total. The van der Waals surface area contributed by atoms with Crippen molar-refractivity contribution in [3.63, 3.8) is 0 Å². The minimum absolute atomic E-state index is 0.168. The van der Waals surface area contributed by atoms with Crippen LogP contribution in [0.4, 0.5) is 4.39 Å². The molecule has 1 heterocycles. The largest absolute Gasteiger partial charge is 0.493 e. The van der Waals surface area contributed by atoms with E-state index in [0.717, 1.165) is 10.9 Å². The van der Waals surface area contributed by atoms with Gasteiger partial charge in [0.05, 0.1) is 25.5 Å². The van der Waals surface area contributed by atoms with Crippen molar-refractivity contribution >= 4 is 38.9 Å². The first-order valence-electron chi connectivity index (χ1n) is 9.95. The minimum Gasteiger partial charge on any atom is -0.493 e. The van der Waals surface area contributed by atoms with Crippen LogP contribution in [0.2, 0.25) is 0 Å². The average molecular weight is 458 g/mol. The van der Waals surface area contributed by atoms with Crippen LogP contribution in [0.3, 0.4) is 0 Å². The third-order valence-corrected chi connectivity index (χ3v) is 5.86. The summed E-state index contributed by atoms with van der Waals surface area (Å²) in [5, 5.41) is 16.1. The Kier molecular flexibility index (Phi) is 7.77. The van der Waals surface area contributed by atoms with Crippen LogP contribution in [0.15, 0.2) is 41.8 Å². The molecule has 3 rings (SSSR count). The predicted molar refractivity (Wildman–Crippen MR) is 123 cm³/mol. The van der Waals surface area contributed by atoms with E-state index in [1.165, 1.54) is 37.7 Å². The highest BCUT2D eigenvalue weighted by atomic mass is 32.1. The number of carbonyl (C=O) groups is 2. The maximum Gasteiger partial charge on any atom is 0.251 e. The molecule has 7 nitrogen and oxygen atoms in total. The Hall–Kier alpha value is -3.46. The Morgan fingerprint density at radius 1 is 1.09 bits per heavy atom. The predicted octanol–water partition coefficient (Wildman–Crippen LogP) is 3.75. The lowest BCUT2D eigenvalue weighted by Gasteiger charge is -2.10. The molecule has 0 spiro atoms. The maximum atomic E-state index is 13.8. The summed E-state index contributed by atoms with van der Waals surface area (Å²) in [5.74, 6) is -0.0806. The highest BCUT2D eigenvalue weighted by Gasteiger charge is 2.13. The molecule has 9 heteroatoms. The molecule has 0 fully saturated rings. The molecule has 0 atom stereocenters. The van der Waals surface area contributed by atoms with E-state index in [0.29, 0.717) is 46.9 Å². The molecule has 2 amide bonds. The first-order chi connectivity index (χ1) is 15.4. The number of halogens is 1. The summed E-state index contributed by atoms with van der Waals surface area (Å²) in [7, 11) is 2.98. The van der Waals surface area contributed by atoms with Crippen LogP contribution < -0.4 is 20.1 Å². The van der Waals surface area contributed by atoms with Gasteiger partial charge in [0.25, 0.3) is 5.91 Å². The third kappa shape index (κ3) is 5.42. The lowest BCUT2D eigenvalue weighted by Crippen LogP contribution is -2.37. The minimum atomic E-state index is -0.403. The van der Waals surface area contributed by atoms with Crippen LogP contribution in [0, 0.1) is 11.2 Å². The number of nitrogens with one attached hydrogen (secondary N) is 3. The number of benzene rings is 2. The zero-order valence-electron chi connectivity index (χ0n) is 17.8. The third-order valence-electron chi connectivity index (χ3n) is 4.86. The lowest BCUT2D eigenvalue weighted by atomic mass is 10.0. The summed E-state index contributed by atoms with van der Waals surface area (Å²) in [6.45, 7) is 0.197. The van der Waals surface area contributed by atoms with Crippen LogP contribution in [-0.2, 0) is 4.79 Å². The second-order valence-electron chi connectivity index (χ2n) is 6.95. The lowest BCUT2D eigenvalue weighted by molar-refractivity contribution is -0.120. The monoisotopic (exact) mass is 457 g/mol. The zero-order valence-corrected chi connectivity index (χ0v) is 18.6. The summed E-state index contributed by atoms with van der Waals surface area (Å²) in [5.41, 5.74) is 1.47. The van der Waals surface area contributed by atoms with E-state index in [1.54, 1.807) is 23.6 Å². The van der Waals surface area contributed by atoms with Gasteiger partial charge < -0.3 is 25.5 Å². The Morgan fingerprint density at radius 2 is 1.88 bits per heavy atom. The van der Waals surface area contributed by atoms with Gasteiger partial charge in [0.2, 0.25) is 5.91 Å². The van der Waals surface area contributed by atoms with Gasteiger partial charge in [-0.15, -0.1) is 11.3 Å². The fraction of sp³-hybridized carbons (Fsp3) is 0.261. The molecule has 3 aromatic rings. The second-order valence-corrected chi connectivity index (χ2v) is 7.83. The highest BCUT2D eigenvalue weighted by molar-refractivity contribution is 7.17. The van der Waals surface area contributed by atoms with E-state index >= 15 is 0 Å². The number of ether oxygens (including phenoxy) is 2. The first kappa shape index (κ1) is 23.2. The number of hydrogen-bond donors (Lipinski definition) is 3. The Morgan fingerprint density at radius 3 is 2.62 bits per heavy atom. The van der Waals surface area contributed by atoms with Crippen molar-refractivity contribution in [1.29, 1.82) is 5.41 Å². The van der Waals surface area contributed by atoms with E-state index in [1.807, 2.05) is 6.07 Å². The Balaban J connectivity index is 1.42. The van der Waals surface area contributed by atoms with Crippen molar-refractivity contribution in [1.82, 2.24) is 10.6 Å². The quantitative estimate of drug-likeness (QED) is 0.319. The molecule has 168 valence electrons. The second kappa shape index (κ2) is 10.7. The van der Waals surface area contributed by atoms with Crippen molar-refractivity contribution in [3.8, 4) is 11.5 Å². The number of amides is 2. The topological polar surface area (TPSA) is 101 Å². The van der Waals surface area contributed by atoms with Crippen molar-refractivity contribution in [2.75, 3.05) is 27.3 Å². The molecular formula is C23H24FN3O4S. The summed E-state index contributed by atoms with van der Waals surface area (Å²) in [6.07, 6.45) is 1.00. The average Bonchev–Trinajstić information content (AvgIpc) is 3.25. The van der Waals surface area contributed by atoms with Crippen LogP contribution >= 0.6 is 11.3 Å². The summed E-state index contributed by atoms with van der Waals surface area (Å²) in [4.78, 5) is 24.3. The van der Waals surface area contributed by atoms with Crippen molar-refractivity contribution < 1.29 is 23.5 Å². The SMILES string of the molecule is COc1ccc(C(=O)NCC(=O)NCCCC(=N)c2csc3c(F)cccc23)cc1OC. The van der Waals surface area contributed by atoms with E-state index in [2.05, 4.69) is 10.6 Å². The molecular weight excluding hydrogens is 433 g/mol. The number of rotatable bonds is 10. The van der Waals surface area contributed by atoms with Gasteiger partial charge in [0.1, 0.15) is 5.82 Å². The summed E-state index contributed by atoms with van der Waals surface area (Å²) >= 11 is 1.28. The van der Waals surface area contributed by atoms with Gasteiger partial charge in [-0.2, -0.15) is 0 Å². The molecule has 1 aromatic heterocycles. The molecule has 0 aliphatic heterocycles. The normalized spacial score (nSPS) is 10.6. The standard InChI is InChI=1S/C23H24FN3O4S/c1-30-19-9-8-14(11-20(19)31-2)23(29)27-12-21(28)26-10-4-7-18(25)16-13-32-22-15(16)5-3-6-17(22)24/h3,5-6,8-9,11,13,25H,4,7,10,12H2,1-2H3,(H,26,28)(H,27,29). The van der Waals surface area contributed by atoms with Crippen molar-refractivity contribution in [3.05, 3.63) is 58.7 Å². The molecule has 0 unspecified atom stereocenters. The number of thiophene rings is 1. The van der Waals surface area contributed by atoms with Crippen LogP contribution in [0.25, 0.3) is 10.1 Å². The molecule has 32 heavy (non-hydrogen) atoms. The van der Waals surface area contributed by atoms with Gasteiger partial charge in [0, 0.05) is 34.1 Å². The number of fused-ring (bicyclic) bond motifs is 1. The number of methoxy groups -OCH3 is 2. The van der Waals surface area contributed by atoms with Crippen molar-refractivity contribution in [2.24, 2.45) is 0 Å². The number of hydrogen-bond acceptors (Lipinski definition) is 6. The highest BCUT2D eigenvalue weighted by Crippen LogP contribution is 2.29. The van der Waals surface area contributed by atoms with E-state index < -0.39 is 5.91 Å². The van der Waals surface area contributed by atoms with Gasteiger partial charge in [0.15, 0.2) is 11.5 Å². The molecule has 0 bridgehead atoms. The van der Waals surface area contributed by atoms with Gasteiger partial charge in [-0.05, 0) is 37.1 Å². The fourth-order valence-corrected chi connectivity index (χ4v) is 4.18. The summed E-state index contributed by atoms with van der Waals surface area (Å²) < 4.78 is 24.7. The Bertz CT molecular complexity index is 1150.